The van der Waals surface area contributed by atoms with Gasteiger partial charge in [0.15, 0.2) is 18.1 Å². The summed E-state index contributed by atoms with van der Waals surface area (Å²) in [6, 6.07) is 14.3. The lowest BCUT2D eigenvalue weighted by molar-refractivity contribution is -0.148. The molecular formula is C22H20N2O6. The van der Waals surface area contributed by atoms with Gasteiger partial charge in [-0.3, -0.25) is 19.3 Å². The maximum absolute atomic E-state index is 12.4. The van der Waals surface area contributed by atoms with E-state index in [1.165, 1.54) is 4.90 Å². The Morgan fingerprint density at radius 2 is 1.80 bits per heavy atom. The highest BCUT2D eigenvalue weighted by molar-refractivity contribution is 6.10. The van der Waals surface area contributed by atoms with E-state index in [2.05, 4.69) is 11.9 Å². The van der Waals surface area contributed by atoms with Crippen LogP contribution in [0.15, 0.2) is 55.1 Å². The van der Waals surface area contributed by atoms with Crippen LogP contribution in [-0.4, -0.2) is 55.1 Å². The first kappa shape index (κ1) is 19.5. The second-order valence-electron chi connectivity index (χ2n) is 6.85. The van der Waals surface area contributed by atoms with Crippen LogP contribution in [0.5, 0.6) is 11.5 Å². The summed E-state index contributed by atoms with van der Waals surface area (Å²) in [5.74, 6) is -0.203. The topological polar surface area (TPSA) is 94.2 Å². The molecule has 0 spiro atoms. The number of nitrogens with zero attached hydrogens (tertiary/aromatic N) is 1. The van der Waals surface area contributed by atoms with Gasteiger partial charge in [0.1, 0.15) is 19.3 Å². The van der Waals surface area contributed by atoms with Gasteiger partial charge in [0.05, 0.1) is 6.54 Å². The van der Waals surface area contributed by atoms with Gasteiger partial charge in [0, 0.05) is 16.8 Å². The maximum Gasteiger partial charge on any atom is 0.326 e. The predicted molar refractivity (Wildman–Crippen MR) is 107 cm³/mol. The summed E-state index contributed by atoms with van der Waals surface area (Å²) >= 11 is 0. The quantitative estimate of drug-likeness (QED) is 0.730. The molecule has 1 atom stereocenters. The molecule has 8 heteroatoms. The van der Waals surface area contributed by atoms with Gasteiger partial charge in [-0.15, -0.1) is 0 Å². The van der Waals surface area contributed by atoms with E-state index >= 15 is 0 Å². The third-order valence-electron chi connectivity index (χ3n) is 4.79. The van der Waals surface area contributed by atoms with Crippen LogP contribution >= 0.6 is 0 Å². The fourth-order valence-electron chi connectivity index (χ4n) is 3.27. The molecule has 2 amide bonds. The summed E-state index contributed by atoms with van der Waals surface area (Å²) in [5, 5.41) is 2.64. The lowest BCUT2D eigenvalue weighted by Crippen LogP contribution is -2.42. The minimum absolute atomic E-state index is 0.210. The first-order valence-electron chi connectivity index (χ1n) is 9.44. The summed E-state index contributed by atoms with van der Waals surface area (Å²) in [6.45, 7) is 3.61. The van der Waals surface area contributed by atoms with Crippen molar-refractivity contribution in [3.05, 3.63) is 66.2 Å². The molecule has 0 aromatic heterocycles. The molecule has 1 N–H and O–H groups in total. The number of hydrogen-bond donors (Lipinski definition) is 1. The van der Waals surface area contributed by atoms with E-state index in [1.54, 1.807) is 30.3 Å². The molecule has 0 saturated heterocycles. The minimum Gasteiger partial charge on any atom is -0.486 e. The van der Waals surface area contributed by atoms with Crippen molar-refractivity contribution in [3.63, 3.8) is 0 Å². The zero-order valence-electron chi connectivity index (χ0n) is 16.1. The number of esters is 1. The first-order valence-corrected chi connectivity index (χ1v) is 9.44. The SMILES string of the molecule is C=C1c2ccccc2C(=O)N1CC(=O)OCC(=O)NCC1COc2ccccc2O1. The van der Waals surface area contributed by atoms with Crippen LogP contribution in [0, 0.1) is 0 Å². The molecule has 30 heavy (non-hydrogen) atoms. The Morgan fingerprint density at radius 1 is 1.10 bits per heavy atom. The van der Waals surface area contributed by atoms with E-state index in [0.717, 1.165) is 0 Å². The Morgan fingerprint density at radius 3 is 2.57 bits per heavy atom. The average molecular weight is 408 g/mol. The maximum atomic E-state index is 12.4. The monoisotopic (exact) mass is 408 g/mol. The molecule has 2 aromatic rings. The molecule has 2 heterocycles. The van der Waals surface area contributed by atoms with Gasteiger partial charge in [-0.2, -0.15) is 0 Å². The number of ether oxygens (including phenoxy) is 3. The number of benzene rings is 2. The number of fused-ring (bicyclic) bond motifs is 2. The van der Waals surface area contributed by atoms with Crippen molar-refractivity contribution < 1.29 is 28.6 Å². The van der Waals surface area contributed by atoms with Gasteiger partial charge in [0.25, 0.3) is 11.8 Å². The molecule has 154 valence electrons. The average Bonchev–Trinajstić information content (AvgIpc) is 3.01. The molecule has 4 rings (SSSR count). The Bertz CT molecular complexity index is 983. The van der Waals surface area contributed by atoms with Crippen LogP contribution in [0.2, 0.25) is 0 Å². The number of rotatable bonds is 6. The summed E-state index contributed by atoms with van der Waals surface area (Å²) in [6.07, 6.45) is -0.344. The summed E-state index contributed by atoms with van der Waals surface area (Å²) in [7, 11) is 0. The van der Waals surface area contributed by atoms with Crippen LogP contribution in [0.3, 0.4) is 0 Å². The second kappa shape index (κ2) is 8.28. The molecule has 1 unspecified atom stereocenters. The van der Waals surface area contributed by atoms with E-state index in [-0.39, 0.29) is 25.1 Å². The number of carbonyl (C=O) groups is 3. The van der Waals surface area contributed by atoms with Gasteiger partial charge in [-0.25, -0.2) is 0 Å². The minimum atomic E-state index is -0.696. The molecule has 8 nitrogen and oxygen atoms in total. The molecular weight excluding hydrogens is 388 g/mol. The number of hydrogen-bond acceptors (Lipinski definition) is 6. The number of para-hydroxylation sites is 2. The van der Waals surface area contributed by atoms with Crippen molar-refractivity contribution in [2.24, 2.45) is 0 Å². The molecule has 0 saturated carbocycles. The van der Waals surface area contributed by atoms with Crippen LogP contribution in [0.25, 0.3) is 5.70 Å². The smallest absolute Gasteiger partial charge is 0.326 e. The number of amides is 2. The second-order valence-corrected chi connectivity index (χ2v) is 6.85. The van der Waals surface area contributed by atoms with Gasteiger partial charge in [-0.1, -0.05) is 36.9 Å². The highest BCUT2D eigenvalue weighted by Crippen LogP contribution is 2.31. The zero-order chi connectivity index (χ0) is 21.1. The van der Waals surface area contributed by atoms with E-state index in [4.69, 9.17) is 14.2 Å². The highest BCUT2D eigenvalue weighted by atomic mass is 16.6. The normalized spacial score (nSPS) is 16.8. The van der Waals surface area contributed by atoms with Crippen LogP contribution in [0.4, 0.5) is 0 Å². The van der Waals surface area contributed by atoms with E-state index in [0.29, 0.717) is 34.9 Å². The molecule has 2 aromatic carbocycles. The Hall–Kier alpha value is -3.81. The first-order chi connectivity index (χ1) is 14.5. The van der Waals surface area contributed by atoms with E-state index in [9.17, 15) is 14.4 Å². The Balaban J connectivity index is 1.21. The molecule has 2 aliphatic rings. The summed E-state index contributed by atoms with van der Waals surface area (Å²) in [4.78, 5) is 37.7. The van der Waals surface area contributed by atoms with Gasteiger partial charge in [0.2, 0.25) is 0 Å². The fourth-order valence-corrected chi connectivity index (χ4v) is 3.27. The van der Waals surface area contributed by atoms with Crippen LogP contribution in [-0.2, 0) is 14.3 Å². The van der Waals surface area contributed by atoms with Crippen molar-refractivity contribution in [1.82, 2.24) is 10.2 Å². The standard InChI is InChI=1S/C22H20N2O6/c1-14-16-6-2-3-7-17(16)22(27)24(14)11-21(26)29-13-20(25)23-10-15-12-28-18-8-4-5-9-19(18)30-15/h2-9,15H,1,10-13H2,(H,23,25). The highest BCUT2D eigenvalue weighted by Gasteiger charge is 2.32. The van der Waals surface area contributed by atoms with E-state index < -0.39 is 18.5 Å². The largest absolute Gasteiger partial charge is 0.486 e. The van der Waals surface area contributed by atoms with Crippen molar-refractivity contribution in [2.45, 2.75) is 6.10 Å². The Kier molecular flexibility index (Phi) is 5.38. The van der Waals surface area contributed by atoms with Crippen molar-refractivity contribution >= 4 is 23.5 Å². The molecule has 2 aliphatic heterocycles. The third kappa shape index (κ3) is 3.98. The fraction of sp³-hybridized carbons (Fsp3) is 0.227. The lowest BCUT2D eigenvalue weighted by Gasteiger charge is -2.26. The van der Waals surface area contributed by atoms with Gasteiger partial charge in [-0.05, 0) is 18.2 Å². The Labute approximate surface area is 173 Å². The van der Waals surface area contributed by atoms with Crippen LogP contribution in [0.1, 0.15) is 15.9 Å². The van der Waals surface area contributed by atoms with Crippen molar-refractivity contribution in [3.8, 4) is 11.5 Å². The van der Waals surface area contributed by atoms with Gasteiger partial charge >= 0.3 is 5.97 Å². The predicted octanol–water partition coefficient (Wildman–Crippen LogP) is 1.61. The van der Waals surface area contributed by atoms with Crippen LogP contribution < -0.4 is 14.8 Å². The van der Waals surface area contributed by atoms with Gasteiger partial charge < -0.3 is 19.5 Å². The molecule has 0 fully saturated rings. The van der Waals surface area contributed by atoms with Crippen molar-refractivity contribution in [2.75, 3.05) is 26.3 Å². The molecule has 0 bridgehead atoms. The third-order valence-corrected chi connectivity index (χ3v) is 4.79. The lowest BCUT2D eigenvalue weighted by atomic mass is 10.1. The molecule has 0 aliphatic carbocycles. The summed E-state index contributed by atoms with van der Waals surface area (Å²) < 4.78 is 16.3. The zero-order valence-corrected chi connectivity index (χ0v) is 16.1. The number of carbonyl (C=O) groups excluding carboxylic acids is 3. The number of nitrogens with one attached hydrogen (secondary N) is 1. The van der Waals surface area contributed by atoms with E-state index in [1.807, 2.05) is 18.2 Å². The molecule has 0 radical (unpaired) electrons. The van der Waals surface area contributed by atoms with Crippen molar-refractivity contribution in [1.29, 1.82) is 0 Å². The summed E-state index contributed by atoms with van der Waals surface area (Å²) in [5.41, 5.74) is 1.61.